The van der Waals surface area contributed by atoms with E-state index < -0.39 is 5.91 Å². The number of rotatable bonds is 7. The summed E-state index contributed by atoms with van der Waals surface area (Å²) >= 11 is 0. The Morgan fingerprint density at radius 2 is 2.12 bits per heavy atom. The molecule has 4 N–H and O–H groups in total. The molecule has 2 aromatic rings. The minimum atomic E-state index is -0.534. The second kappa shape index (κ2) is 7.96. The topological polar surface area (TPSA) is 111 Å². The molecule has 0 atom stereocenters. The molecule has 0 aromatic carbocycles. The average molecular weight is 343 g/mol. The van der Waals surface area contributed by atoms with Gasteiger partial charge in [-0.15, -0.1) is 0 Å². The molecule has 0 spiro atoms. The highest BCUT2D eigenvalue weighted by Crippen LogP contribution is 2.26. The van der Waals surface area contributed by atoms with Crippen LogP contribution >= 0.6 is 0 Å². The first-order valence-electron chi connectivity index (χ1n) is 8.78. The number of amides is 1. The van der Waals surface area contributed by atoms with Gasteiger partial charge in [0.15, 0.2) is 0 Å². The highest BCUT2D eigenvalue weighted by molar-refractivity contribution is 5.97. The van der Waals surface area contributed by atoms with Gasteiger partial charge in [-0.1, -0.05) is 32.1 Å². The molecule has 2 aromatic heterocycles. The van der Waals surface area contributed by atoms with E-state index in [1.54, 1.807) is 10.9 Å². The number of aryl methyl sites for hydroxylation is 1. The Bertz CT molecular complexity index is 722. The minimum Gasteiger partial charge on any atom is -0.369 e. The molecule has 134 valence electrons. The lowest BCUT2D eigenvalue weighted by molar-refractivity contribution is 0.100. The van der Waals surface area contributed by atoms with E-state index in [2.05, 4.69) is 25.7 Å². The van der Waals surface area contributed by atoms with Crippen LogP contribution in [0.4, 0.5) is 17.5 Å². The van der Waals surface area contributed by atoms with Gasteiger partial charge in [0.2, 0.25) is 5.95 Å². The number of primary amides is 1. The number of nitrogens with one attached hydrogen (secondary N) is 2. The minimum absolute atomic E-state index is 0.306. The molecule has 1 saturated carbocycles. The van der Waals surface area contributed by atoms with Gasteiger partial charge in [0, 0.05) is 26.0 Å². The smallest absolute Gasteiger partial charge is 0.254 e. The number of anilines is 3. The van der Waals surface area contributed by atoms with Gasteiger partial charge in [-0.2, -0.15) is 10.1 Å². The second-order valence-corrected chi connectivity index (χ2v) is 6.57. The summed E-state index contributed by atoms with van der Waals surface area (Å²) in [4.78, 5) is 20.2. The molecule has 0 bridgehead atoms. The number of hydrogen-bond donors (Lipinski definition) is 3. The van der Waals surface area contributed by atoms with E-state index in [-0.39, 0.29) is 0 Å². The lowest BCUT2D eigenvalue weighted by atomic mass is 9.87. The van der Waals surface area contributed by atoms with Crippen LogP contribution in [0, 0.1) is 5.92 Å². The van der Waals surface area contributed by atoms with Crippen molar-refractivity contribution in [3.8, 4) is 0 Å². The standard InChI is InChI=1S/C17H25N7O/c1-24-11-13(9-21-24)22-17-20-10-14(15(18)25)16(23-17)19-8-7-12-5-3-2-4-6-12/h9-12H,2-8H2,1H3,(H2,18,25)(H2,19,20,22,23). The summed E-state index contributed by atoms with van der Waals surface area (Å²) in [5.74, 6) is 1.10. The van der Waals surface area contributed by atoms with E-state index in [4.69, 9.17) is 5.73 Å². The normalized spacial score (nSPS) is 15.1. The molecule has 8 heteroatoms. The predicted molar refractivity (Wildman–Crippen MR) is 96.7 cm³/mol. The molecule has 0 aliphatic heterocycles. The summed E-state index contributed by atoms with van der Waals surface area (Å²) in [7, 11) is 1.83. The summed E-state index contributed by atoms with van der Waals surface area (Å²) in [5.41, 5.74) is 6.53. The zero-order chi connectivity index (χ0) is 17.6. The van der Waals surface area contributed by atoms with Crippen LogP contribution in [-0.4, -0.2) is 32.2 Å². The lowest BCUT2D eigenvalue weighted by Gasteiger charge is -2.21. The van der Waals surface area contributed by atoms with Crippen LogP contribution in [-0.2, 0) is 7.05 Å². The van der Waals surface area contributed by atoms with Gasteiger partial charge >= 0.3 is 0 Å². The van der Waals surface area contributed by atoms with Crippen LogP contribution < -0.4 is 16.4 Å². The van der Waals surface area contributed by atoms with Gasteiger partial charge in [0.1, 0.15) is 5.82 Å². The van der Waals surface area contributed by atoms with Gasteiger partial charge < -0.3 is 16.4 Å². The average Bonchev–Trinajstić information content (AvgIpc) is 3.01. The molecule has 8 nitrogen and oxygen atoms in total. The van der Waals surface area contributed by atoms with E-state index >= 15 is 0 Å². The fourth-order valence-electron chi connectivity index (χ4n) is 3.24. The Labute approximate surface area is 147 Å². The lowest BCUT2D eigenvalue weighted by Crippen LogP contribution is -2.19. The molecule has 1 aliphatic carbocycles. The van der Waals surface area contributed by atoms with Crippen molar-refractivity contribution in [1.82, 2.24) is 19.7 Å². The molecule has 1 aliphatic rings. The first-order chi connectivity index (χ1) is 12.1. The zero-order valence-electron chi connectivity index (χ0n) is 14.5. The van der Waals surface area contributed by atoms with Gasteiger partial charge in [0.25, 0.3) is 5.91 Å². The van der Waals surface area contributed by atoms with Crippen molar-refractivity contribution in [3.05, 3.63) is 24.2 Å². The van der Waals surface area contributed by atoms with Crippen molar-refractivity contribution in [2.45, 2.75) is 38.5 Å². The van der Waals surface area contributed by atoms with Crippen LogP contribution in [0.2, 0.25) is 0 Å². The summed E-state index contributed by atoms with van der Waals surface area (Å²) < 4.78 is 1.68. The van der Waals surface area contributed by atoms with E-state index in [0.717, 1.165) is 24.6 Å². The third kappa shape index (κ3) is 4.68. The molecule has 2 heterocycles. The third-order valence-corrected chi connectivity index (χ3v) is 4.59. The van der Waals surface area contributed by atoms with Gasteiger partial charge in [-0.05, 0) is 12.3 Å². The number of nitrogens with zero attached hydrogens (tertiary/aromatic N) is 4. The van der Waals surface area contributed by atoms with E-state index in [9.17, 15) is 4.79 Å². The maximum atomic E-state index is 11.6. The first-order valence-corrected chi connectivity index (χ1v) is 8.78. The Kier molecular flexibility index (Phi) is 5.47. The fraction of sp³-hybridized carbons (Fsp3) is 0.529. The number of carbonyl (C=O) groups is 1. The van der Waals surface area contributed by atoms with Crippen molar-refractivity contribution < 1.29 is 4.79 Å². The van der Waals surface area contributed by atoms with Crippen LogP contribution in [0.25, 0.3) is 0 Å². The van der Waals surface area contributed by atoms with Gasteiger partial charge in [-0.3, -0.25) is 9.48 Å². The Balaban J connectivity index is 1.66. The van der Waals surface area contributed by atoms with Crippen LogP contribution in [0.3, 0.4) is 0 Å². The first kappa shape index (κ1) is 17.2. The third-order valence-electron chi connectivity index (χ3n) is 4.59. The molecule has 0 radical (unpaired) electrons. The number of nitrogens with two attached hydrogens (primary N) is 1. The maximum Gasteiger partial charge on any atom is 0.254 e. The van der Waals surface area contributed by atoms with E-state index in [0.29, 0.717) is 17.3 Å². The zero-order valence-corrected chi connectivity index (χ0v) is 14.5. The molecular formula is C17H25N7O. The molecule has 0 saturated heterocycles. The van der Waals surface area contributed by atoms with E-state index in [1.165, 1.54) is 38.3 Å². The number of carbonyl (C=O) groups excluding carboxylic acids is 1. The summed E-state index contributed by atoms with van der Waals surface area (Å²) in [5, 5.41) is 10.4. The van der Waals surface area contributed by atoms with Crippen molar-refractivity contribution >= 4 is 23.4 Å². The molecule has 25 heavy (non-hydrogen) atoms. The number of aromatic nitrogens is 4. The van der Waals surface area contributed by atoms with Crippen molar-refractivity contribution in [2.24, 2.45) is 18.7 Å². The molecule has 0 unspecified atom stereocenters. The molecule has 3 rings (SSSR count). The second-order valence-electron chi connectivity index (χ2n) is 6.57. The Morgan fingerprint density at radius 3 is 2.80 bits per heavy atom. The fourth-order valence-corrected chi connectivity index (χ4v) is 3.24. The summed E-state index contributed by atoms with van der Waals surface area (Å²) in [6.45, 7) is 0.772. The predicted octanol–water partition coefficient (Wildman–Crippen LogP) is 2.43. The Hall–Kier alpha value is -2.64. The summed E-state index contributed by atoms with van der Waals surface area (Å²) in [6.07, 6.45) is 12.6. The quantitative estimate of drug-likeness (QED) is 0.712. The van der Waals surface area contributed by atoms with Crippen molar-refractivity contribution in [3.63, 3.8) is 0 Å². The van der Waals surface area contributed by atoms with Gasteiger partial charge in [-0.25, -0.2) is 4.98 Å². The highest BCUT2D eigenvalue weighted by atomic mass is 16.1. The molecule has 1 fully saturated rings. The van der Waals surface area contributed by atoms with Crippen molar-refractivity contribution in [1.29, 1.82) is 0 Å². The van der Waals surface area contributed by atoms with Crippen molar-refractivity contribution in [2.75, 3.05) is 17.2 Å². The molecular weight excluding hydrogens is 318 g/mol. The molecule has 1 amide bonds. The monoisotopic (exact) mass is 343 g/mol. The maximum absolute atomic E-state index is 11.6. The highest BCUT2D eigenvalue weighted by Gasteiger charge is 2.15. The van der Waals surface area contributed by atoms with Crippen LogP contribution in [0.15, 0.2) is 18.6 Å². The number of hydrogen-bond acceptors (Lipinski definition) is 6. The van der Waals surface area contributed by atoms with E-state index in [1.807, 2.05) is 13.2 Å². The van der Waals surface area contributed by atoms with Crippen LogP contribution in [0.1, 0.15) is 48.9 Å². The SMILES string of the molecule is Cn1cc(Nc2ncc(C(N)=O)c(NCCC3CCCCC3)n2)cn1. The van der Waals surface area contributed by atoms with Crippen LogP contribution in [0.5, 0.6) is 0 Å². The Morgan fingerprint density at radius 1 is 1.32 bits per heavy atom. The largest absolute Gasteiger partial charge is 0.369 e. The summed E-state index contributed by atoms with van der Waals surface area (Å²) in [6, 6.07) is 0. The van der Waals surface area contributed by atoms with Gasteiger partial charge in [0.05, 0.1) is 17.4 Å².